The van der Waals surface area contributed by atoms with E-state index in [0.29, 0.717) is 0 Å². The average molecular weight is 1050 g/mol. The molecule has 130 valence electrons. The summed E-state index contributed by atoms with van der Waals surface area (Å²) < 4.78 is 0. The molecule has 0 unspecified atom stereocenters. The van der Waals surface area contributed by atoms with Gasteiger partial charge in [0.1, 0.15) is 0 Å². The van der Waals surface area contributed by atoms with Crippen LogP contribution >= 0.6 is 0 Å². The van der Waals surface area contributed by atoms with Gasteiger partial charge in [-0.2, -0.15) is 0 Å². The van der Waals surface area contributed by atoms with E-state index in [1.807, 2.05) is 0 Å². The summed E-state index contributed by atoms with van der Waals surface area (Å²) in [4.78, 5) is 0. The summed E-state index contributed by atoms with van der Waals surface area (Å²) in [6.45, 7) is 0. The van der Waals surface area contributed by atoms with Crippen molar-refractivity contribution in [3.05, 3.63) is 0 Å². The molecule has 0 rings (SSSR count). The first-order valence-electron chi connectivity index (χ1n) is 0.500. The van der Waals surface area contributed by atoms with Crippen molar-refractivity contribution < 1.29 is 147 Å². The van der Waals surface area contributed by atoms with Crippen LogP contribution in [0.15, 0.2) is 0 Å². The second kappa shape index (κ2) is 234. The molecule has 0 aliphatic carbocycles. The van der Waals surface area contributed by atoms with Crippen LogP contribution in [0, 0.1) is 0 Å². The maximum atomic E-state index is 3.67. The van der Waals surface area contributed by atoms with Crippen molar-refractivity contribution in [3.8, 4) is 0 Å². The van der Waals surface area contributed by atoms with Gasteiger partial charge in [-0.15, -0.1) is 0 Å². The molecular formula is CH9Mo7S11-9. The first-order chi connectivity index (χ1) is 3.00. The van der Waals surface area contributed by atoms with Crippen molar-refractivity contribution in [2.75, 3.05) is 0 Å². The summed E-state index contributed by atoms with van der Waals surface area (Å²) in [5.41, 5.74) is 0. The Morgan fingerprint density at radius 2 is 0.316 bits per heavy atom. The quantitative estimate of drug-likeness (QED) is 0.131. The van der Waals surface area contributed by atoms with E-state index in [4.69, 9.17) is 0 Å². The van der Waals surface area contributed by atoms with Gasteiger partial charge in [0.2, 0.25) is 0 Å². The number of thiol groups is 5. The zero-order valence-electron chi connectivity index (χ0n) is 7.54. The minimum absolute atomic E-state index is 0. The Balaban J connectivity index is -0.000000000378. The summed E-state index contributed by atoms with van der Waals surface area (Å²) in [7, 11) is 0. The van der Waals surface area contributed by atoms with Crippen molar-refractivity contribution in [2.45, 2.75) is 7.43 Å². The van der Waals surface area contributed by atoms with Crippen LogP contribution in [0.1, 0.15) is 7.43 Å². The van der Waals surface area contributed by atoms with Crippen LogP contribution < -0.4 is 0 Å². The molecule has 0 aromatic heterocycles. The van der Waals surface area contributed by atoms with Crippen LogP contribution in [-0.2, 0) is 285 Å². The Kier molecular flexibility index (Phi) is 1780. The van der Waals surface area contributed by atoms with E-state index in [-0.39, 0.29) is 222 Å². The molecule has 0 nitrogen and oxygen atoms in total. The fourth-order valence-corrected chi connectivity index (χ4v) is 0. The molecule has 0 amide bonds. The van der Waals surface area contributed by atoms with Crippen LogP contribution in [-0.4, -0.2) is 0 Å². The third-order valence-corrected chi connectivity index (χ3v) is 0. The molecule has 0 aromatic carbocycles. The SMILES string of the molecule is C.[Mo+2].[Mo].[Mo].[Mo].[Mo].[Mo].[Mo].[S-][S-].[S-][S-].[S-][S-].[SH-].[SH-].[SH-].[SH-].[SH-]. The Hall–Kier alpha value is 8.67. The average Bonchev–Trinajstić information content (AvgIpc) is 1.81. The van der Waals surface area contributed by atoms with E-state index >= 15 is 0 Å². The number of rotatable bonds is 0. The van der Waals surface area contributed by atoms with Crippen molar-refractivity contribution in [1.29, 1.82) is 0 Å². The van der Waals surface area contributed by atoms with Crippen molar-refractivity contribution in [1.82, 2.24) is 0 Å². The molecular weight excluding hydrogens is 1040 g/mol. The first kappa shape index (κ1) is 145. The van der Waals surface area contributed by atoms with Gasteiger partial charge in [0.25, 0.3) is 0 Å². The zero-order chi connectivity index (χ0) is 6.00. The Labute approximate surface area is 286 Å². The van der Waals surface area contributed by atoms with Gasteiger partial charge in [0.15, 0.2) is 0 Å². The number of hydrogen-bond acceptors (Lipinski definition) is 11. The molecule has 19 heavy (non-hydrogen) atoms. The molecule has 0 heterocycles. The van der Waals surface area contributed by atoms with Crippen molar-refractivity contribution in [3.63, 3.8) is 0 Å². The second-order valence-electron chi connectivity index (χ2n) is 0. The number of hydrogen-bond donors (Lipinski definition) is 0. The van der Waals surface area contributed by atoms with Crippen molar-refractivity contribution in [2.24, 2.45) is 0 Å². The third-order valence-electron chi connectivity index (χ3n) is 0. The van der Waals surface area contributed by atoms with E-state index in [9.17, 15) is 0 Å². The monoisotopic (exact) mass is 1060 g/mol. The molecule has 0 saturated carbocycles. The summed E-state index contributed by atoms with van der Waals surface area (Å²) in [6, 6.07) is 0. The Bertz CT molecular complexity index is 23.0. The molecule has 18 heteroatoms. The van der Waals surface area contributed by atoms with Crippen LogP contribution in [0.25, 0.3) is 0 Å². The first-order valence-corrected chi connectivity index (χ1v) is 4.50. The zero-order valence-corrected chi connectivity index (χ0v) is 31.0. The minimum Gasteiger partial charge on any atom is -1.00 e. The third kappa shape index (κ3) is 216. The predicted octanol–water partition coefficient (Wildman–Crippen LogP) is -0.746. The summed E-state index contributed by atoms with van der Waals surface area (Å²) >= 11 is 22.0. The Morgan fingerprint density at radius 3 is 0.316 bits per heavy atom. The molecule has 0 aromatic rings. The van der Waals surface area contributed by atoms with Crippen LogP contribution in [0.2, 0.25) is 0 Å². The fraction of sp³-hybridized carbons (Fsp3) is 1.00. The largest absolute Gasteiger partial charge is 2.00 e. The summed E-state index contributed by atoms with van der Waals surface area (Å²) in [5, 5.41) is 0. The van der Waals surface area contributed by atoms with Gasteiger partial charge in [0, 0.05) is 126 Å². The maximum absolute atomic E-state index is 3.67. The van der Waals surface area contributed by atoms with Gasteiger partial charge in [-0.1, -0.05) is 7.43 Å². The molecule has 0 fully saturated rings. The minimum atomic E-state index is 0. The van der Waals surface area contributed by atoms with Gasteiger partial charge < -0.3 is 137 Å². The van der Waals surface area contributed by atoms with E-state index in [1.54, 1.807) is 0 Å². The van der Waals surface area contributed by atoms with Crippen molar-refractivity contribution >= 4 is 137 Å². The maximum Gasteiger partial charge on any atom is 2.00 e. The molecule has 0 radical (unpaired) electrons. The van der Waals surface area contributed by atoms with Gasteiger partial charge in [-0.25, -0.2) is 0 Å². The molecule has 0 N–H and O–H groups in total. The normalized spacial score (nSPS) is 0.947. The van der Waals surface area contributed by atoms with E-state index in [1.165, 1.54) is 0 Å². The molecule has 0 atom stereocenters. The smallest absolute Gasteiger partial charge is 1.00 e. The van der Waals surface area contributed by atoms with Crippen LogP contribution in [0.3, 0.4) is 0 Å². The predicted molar refractivity (Wildman–Crippen MR) is 94.7 cm³/mol. The van der Waals surface area contributed by atoms with E-state index in [2.05, 4.69) is 70.0 Å². The second-order valence-corrected chi connectivity index (χ2v) is 0. The van der Waals surface area contributed by atoms with Gasteiger partial charge >= 0.3 is 21.1 Å². The van der Waals surface area contributed by atoms with Gasteiger partial charge in [-0.3, -0.25) is 0 Å². The van der Waals surface area contributed by atoms with Gasteiger partial charge in [-0.05, 0) is 0 Å². The topological polar surface area (TPSA) is 0 Å². The van der Waals surface area contributed by atoms with Gasteiger partial charge in [0.05, 0.1) is 0 Å². The molecule has 0 bridgehead atoms. The summed E-state index contributed by atoms with van der Waals surface area (Å²) in [6.07, 6.45) is 0. The molecule has 0 saturated heterocycles. The molecule has 0 aliphatic heterocycles. The van der Waals surface area contributed by atoms with E-state index in [0.717, 1.165) is 0 Å². The standard InChI is InChI=1S/CH4.7Mo.3S2.5H2S/c;;;;;;;;3*1-2;;;;;/h1H4;;;;;;;;;;;5*1H2/q;;;;;;;+2;3*-2;;;;;/p-5. The summed E-state index contributed by atoms with van der Waals surface area (Å²) in [5.74, 6) is 0. The molecule has 0 aliphatic rings. The fourth-order valence-electron chi connectivity index (χ4n) is 0. The molecule has 0 spiro atoms. The van der Waals surface area contributed by atoms with Crippen LogP contribution in [0.4, 0.5) is 0 Å². The van der Waals surface area contributed by atoms with Crippen LogP contribution in [0.5, 0.6) is 0 Å². The van der Waals surface area contributed by atoms with E-state index < -0.39 is 0 Å². The Morgan fingerprint density at radius 1 is 0.316 bits per heavy atom.